The first-order valence-electron chi connectivity index (χ1n) is 16.4. The van der Waals surface area contributed by atoms with Gasteiger partial charge in [0.1, 0.15) is 5.75 Å². The number of rotatable bonds is 4. The van der Waals surface area contributed by atoms with Crippen LogP contribution in [0.1, 0.15) is 25.0 Å². The number of benzene rings is 8. The van der Waals surface area contributed by atoms with Crippen molar-refractivity contribution in [2.45, 2.75) is 19.3 Å². The molecular formula is C46H34O. The largest absolute Gasteiger partial charge is 0.497 e. The molecule has 0 aromatic heterocycles. The van der Waals surface area contributed by atoms with Gasteiger partial charge < -0.3 is 4.74 Å². The number of hydrogen-bond acceptors (Lipinski definition) is 1. The van der Waals surface area contributed by atoms with Crippen molar-refractivity contribution in [3.63, 3.8) is 0 Å². The molecule has 8 aromatic rings. The fourth-order valence-electron chi connectivity index (χ4n) is 8.14. The molecule has 1 nitrogen and oxygen atoms in total. The van der Waals surface area contributed by atoms with Crippen LogP contribution < -0.4 is 4.74 Å². The second-order valence-corrected chi connectivity index (χ2v) is 13.2. The maximum absolute atomic E-state index is 5.54. The first kappa shape index (κ1) is 27.6. The summed E-state index contributed by atoms with van der Waals surface area (Å²) in [5.41, 5.74) is 12.9. The van der Waals surface area contributed by atoms with Crippen molar-refractivity contribution in [1.29, 1.82) is 0 Å². The molecule has 8 aromatic carbocycles. The van der Waals surface area contributed by atoms with Gasteiger partial charge in [-0.1, -0.05) is 147 Å². The molecule has 0 spiro atoms. The first-order chi connectivity index (χ1) is 23.0. The number of hydrogen-bond donors (Lipinski definition) is 0. The van der Waals surface area contributed by atoms with E-state index in [4.69, 9.17) is 4.74 Å². The minimum absolute atomic E-state index is 0.0787. The Bertz CT molecular complexity index is 2510. The Labute approximate surface area is 275 Å². The van der Waals surface area contributed by atoms with E-state index >= 15 is 0 Å². The topological polar surface area (TPSA) is 9.23 Å². The fraction of sp³-hybridized carbons (Fsp3) is 0.0870. The zero-order chi connectivity index (χ0) is 31.7. The smallest absolute Gasteiger partial charge is 0.118 e. The molecule has 224 valence electrons. The minimum atomic E-state index is -0.0787. The molecule has 1 heteroatoms. The highest BCUT2D eigenvalue weighted by atomic mass is 16.5. The van der Waals surface area contributed by atoms with Crippen LogP contribution >= 0.6 is 0 Å². The van der Waals surface area contributed by atoms with Gasteiger partial charge in [-0.05, 0) is 106 Å². The van der Waals surface area contributed by atoms with Gasteiger partial charge in [-0.25, -0.2) is 0 Å². The van der Waals surface area contributed by atoms with E-state index in [-0.39, 0.29) is 5.41 Å². The van der Waals surface area contributed by atoms with Gasteiger partial charge in [-0.15, -0.1) is 0 Å². The average molecular weight is 603 g/mol. The Morgan fingerprint density at radius 1 is 0.404 bits per heavy atom. The average Bonchev–Trinajstić information content (AvgIpc) is 3.36. The van der Waals surface area contributed by atoms with Crippen LogP contribution in [0.5, 0.6) is 5.75 Å². The molecule has 0 saturated carbocycles. The quantitative estimate of drug-likeness (QED) is 0.182. The molecule has 9 rings (SSSR count). The van der Waals surface area contributed by atoms with E-state index in [2.05, 4.69) is 166 Å². The second kappa shape index (κ2) is 10.4. The summed E-state index contributed by atoms with van der Waals surface area (Å²) in [5, 5.41) is 7.54. The SMILES string of the molecule is COc1ccc(-c2c3ccccc3c(-c3cccc4c3-c3ccccc3C4(C)C)c3cc(-c4cccc5ccccc45)ccc23)cc1. The van der Waals surface area contributed by atoms with Crippen LogP contribution in [-0.2, 0) is 5.41 Å². The first-order valence-corrected chi connectivity index (χ1v) is 16.4. The zero-order valence-corrected chi connectivity index (χ0v) is 26.8. The van der Waals surface area contributed by atoms with Gasteiger partial charge in [0, 0.05) is 5.41 Å². The second-order valence-electron chi connectivity index (χ2n) is 13.2. The maximum Gasteiger partial charge on any atom is 0.118 e. The molecule has 0 amide bonds. The van der Waals surface area contributed by atoms with Gasteiger partial charge in [-0.2, -0.15) is 0 Å². The van der Waals surface area contributed by atoms with Crippen molar-refractivity contribution in [1.82, 2.24) is 0 Å². The van der Waals surface area contributed by atoms with Gasteiger partial charge >= 0.3 is 0 Å². The highest BCUT2D eigenvalue weighted by molar-refractivity contribution is 6.23. The lowest BCUT2D eigenvalue weighted by atomic mass is 9.80. The summed E-state index contributed by atoms with van der Waals surface area (Å²) in [7, 11) is 1.72. The van der Waals surface area contributed by atoms with E-state index in [0.717, 1.165) is 5.75 Å². The van der Waals surface area contributed by atoms with E-state index in [9.17, 15) is 0 Å². The molecule has 0 unspecified atom stereocenters. The molecule has 0 atom stereocenters. The molecule has 1 aliphatic carbocycles. The summed E-state index contributed by atoms with van der Waals surface area (Å²) in [5.74, 6) is 0.860. The van der Waals surface area contributed by atoms with Crippen LogP contribution in [0.15, 0.2) is 152 Å². The van der Waals surface area contributed by atoms with Crippen LogP contribution in [0.4, 0.5) is 0 Å². The van der Waals surface area contributed by atoms with Crippen LogP contribution in [0.3, 0.4) is 0 Å². The Kier molecular flexibility index (Phi) is 6.14. The molecule has 0 bridgehead atoms. The van der Waals surface area contributed by atoms with Crippen molar-refractivity contribution in [2.75, 3.05) is 7.11 Å². The zero-order valence-electron chi connectivity index (χ0n) is 26.8. The fourth-order valence-corrected chi connectivity index (χ4v) is 8.14. The lowest BCUT2D eigenvalue weighted by Gasteiger charge is -2.23. The van der Waals surface area contributed by atoms with E-state index in [0.29, 0.717) is 0 Å². The molecular weight excluding hydrogens is 569 g/mol. The summed E-state index contributed by atoms with van der Waals surface area (Å²) >= 11 is 0. The highest BCUT2D eigenvalue weighted by Crippen LogP contribution is 2.54. The lowest BCUT2D eigenvalue weighted by Crippen LogP contribution is -2.14. The van der Waals surface area contributed by atoms with Crippen molar-refractivity contribution >= 4 is 32.3 Å². The van der Waals surface area contributed by atoms with E-state index < -0.39 is 0 Å². The van der Waals surface area contributed by atoms with Gasteiger partial charge in [0.2, 0.25) is 0 Å². The molecule has 0 radical (unpaired) electrons. The third-order valence-corrected chi connectivity index (χ3v) is 10.4. The third kappa shape index (κ3) is 4.09. The highest BCUT2D eigenvalue weighted by Gasteiger charge is 2.37. The molecule has 0 aliphatic heterocycles. The number of ether oxygens (including phenoxy) is 1. The Balaban J connectivity index is 1.44. The summed E-state index contributed by atoms with van der Waals surface area (Å²) in [4.78, 5) is 0. The Hall–Kier alpha value is -5.66. The summed E-state index contributed by atoms with van der Waals surface area (Å²) < 4.78 is 5.54. The number of methoxy groups -OCH3 is 1. The van der Waals surface area contributed by atoms with Crippen molar-refractivity contribution in [2.24, 2.45) is 0 Å². The molecule has 0 N–H and O–H groups in total. The standard InChI is InChI=1S/C46H34O/c1-46(2)41-20-9-8-17-38(41)45-39(19-11-21-42(45)46)44-36-16-7-6-15-35(36)43(30-22-25-32(47-3)26-23-30)37-27-24-31(28-40(37)44)34-18-10-13-29-12-4-5-14-33(29)34/h4-28H,1-3H3. The third-order valence-electron chi connectivity index (χ3n) is 10.4. The summed E-state index contributed by atoms with van der Waals surface area (Å²) in [6.45, 7) is 4.73. The summed E-state index contributed by atoms with van der Waals surface area (Å²) in [6.07, 6.45) is 0. The summed E-state index contributed by atoms with van der Waals surface area (Å²) in [6, 6.07) is 55.8. The van der Waals surface area contributed by atoms with Crippen molar-refractivity contribution < 1.29 is 4.74 Å². The van der Waals surface area contributed by atoms with Crippen LogP contribution in [0.25, 0.3) is 76.8 Å². The van der Waals surface area contributed by atoms with Crippen molar-refractivity contribution in [3.05, 3.63) is 163 Å². The van der Waals surface area contributed by atoms with Crippen molar-refractivity contribution in [3.8, 4) is 50.3 Å². The van der Waals surface area contributed by atoms with Gasteiger partial charge in [-0.3, -0.25) is 0 Å². The normalized spacial score (nSPS) is 13.2. The van der Waals surface area contributed by atoms with Crippen LogP contribution in [-0.4, -0.2) is 7.11 Å². The maximum atomic E-state index is 5.54. The lowest BCUT2D eigenvalue weighted by molar-refractivity contribution is 0.415. The van der Waals surface area contributed by atoms with Gasteiger partial charge in [0.15, 0.2) is 0 Å². The predicted octanol–water partition coefficient (Wildman–Crippen LogP) is 12.5. The van der Waals surface area contributed by atoms with Crippen LogP contribution in [0, 0.1) is 0 Å². The molecule has 0 fully saturated rings. The molecule has 0 heterocycles. The predicted molar refractivity (Wildman–Crippen MR) is 199 cm³/mol. The Morgan fingerprint density at radius 2 is 0.979 bits per heavy atom. The molecule has 0 saturated heterocycles. The van der Waals surface area contributed by atoms with Gasteiger partial charge in [0.25, 0.3) is 0 Å². The molecule has 47 heavy (non-hydrogen) atoms. The molecule has 1 aliphatic rings. The van der Waals surface area contributed by atoms with E-state index in [1.807, 2.05) is 0 Å². The van der Waals surface area contributed by atoms with Gasteiger partial charge in [0.05, 0.1) is 7.11 Å². The number of fused-ring (bicyclic) bond motifs is 6. The Morgan fingerprint density at radius 3 is 1.79 bits per heavy atom. The van der Waals surface area contributed by atoms with Crippen LogP contribution in [0.2, 0.25) is 0 Å². The van der Waals surface area contributed by atoms with E-state index in [1.165, 1.54) is 88.0 Å². The minimum Gasteiger partial charge on any atom is -0.497 e. The monoisotopic (exact) mass is 602 g/mol. The van der Waals surface area contributed by atoms with E-state index in [1.54, 1.807) is 7.11 Å².